The predicted molar refractivity (Wildman–Crippen MR) is 137 cm³/mol. The molecule has 7 nitrogen and oxygen atoms in total. The number of carboxylic acid groups (broad SMARTS) is 1. The third-order valence-corrected chi connectivity index (χ3v) is 6.59. The molecule has 0 fully saturated rings. The van der Waals surface area contributed by atoms with Crippen molar-refractivity contribution in [3.8, 4) is 11.1 Å². The number of nitrogens with one attached hydrogen (secondary N) is 1. The summed E-state index contributed by atoms with van der Waals surface area (Å²) < 4.78 is 6.08. The van der Waals surface area contributed by atoms with Crippen LogP contribution < -0.4 is 5.32 Å². The van der Waals surface area contributed by atoms with E-state index < -0.39 is 24.5 Å². The highest BCUT2D eigenvalue weighted by Crippen LogP contribution is 2.44. The van der Waals surface area contributed by atoms with Crippen LogP contribution in [-0.4, -0.2) is 47.7 Å². The molecule has 0 atom stereocenters. The molecule has 3 aromatic rings. The quantitative estimate of drug-likeness (QED) is 0.382. The van der Waals surface area contributed by atoms with Gasteiger partial charge in [0, 0.05) is 22.6 Å². The minimum absolute atomic E-state index is 0.0613. The van der Waals surface area contributed by atoms with Gasteiger partial charge in [-0.3, -0.25) is 14.9 Å². The van der Waals surface area contributed by atoms with Crippen LogP contribution in [0.2, 0.25) is 0 Å². The van der Waals surface area contributed by atoms with Gasteiger partial charge in [0.25, 0.3) is 5.91 Å². The highest BCUT2D eigenvalue weighted by atomic mass is 79.9. The number of ether oxygens (including phenoxy) is 1. The number of nitrogens with zero attached hydrogens (tertiary/aromatic N) is 1. The molecule has 0 radical (unpaired) electrons. The molecule has 2 N–H and O–H groups in total. The molecule has 0 saturated heterocycles. The monoisotopic (exact) mass is 536 g/mol. The van der Waals surface area contributed by atoms with Crippen LogP contribution in [0.1, 0.15) is 40.7 Å². The molecule has 0 unspecified atom stereocenters. The summed E-state index contributed by atoms with van der Waals surface area (Å²) in [5, 5.41) is 11.8. The second-order valence-corrected chi connectivity index (χ2v) is 9.12. The molecule has 2 amide bonds. The minimum atomic E-state index is -1.09. The first-order valence-electron chi connectivity index (χ1n) is 11.3. The SMILES string of the molecule is CCCN(CC(=O)O)C(=O)c1cc(NC(=O)OCC2c3ccccc3-c3ccccc32)ccc1Br. The van der Waals surface area contributed by atoms with E-state index in [-0.39, 0.29) is 18.1 Å². The highest BCUT2D eigenvalue weighted by Gasteiger charge is 2.29. The fourth-order valence-electron chi connectivity index (χ4n) is 4.38. The molecule has 0 aromatic heterocycles. The largest absolute Gasteiger partial charge is 0.480 e. The maximum absolute atomic E-state index is 13.0. The Labute approximate surface area is 211 Å². The molecule has 1 aliphatic carbocycles. The molecule has 8 heteroatoms. The topological polar surface area (TPSA) is 95.9 Å². The number of hydrogen-bond acceptors (Lipinski definition) is 4. The summed E-state index contributed by atoms with van der Waals surface area (Å²) in [5.41, 5.74) is 5.16. The lowest BCUT2D eigenvalue weighted by Gasteiger charge is -2.21. The molecule has 180 valence electrons. The lowest BCUT2D eigenvalue weighted by atomic mass is 9.98. The van der Waals surface area contributed by atoms with Crippen LogP contribution in [0.25, 0.3) is 11.1 Å². The fourth-order valence-corrected chi connectivity index (χ4v) is 4.79. The number of amides is 2. The average molecular weight is 537 g/mol. The van der Waals surface area contributed by atoms with Crippen LogP contribution in [-0.2, 0) is 9.53 Å². The Morgan fingerprint density at radius 2 is 1.63 bits per heavy atom. The van der Waals surface area contributed by atoms with Gasteiger partial charge in [0.2, 0.25) is 0 Å². The first-order chi connectivity index (χ1) is 16.9. The molecule has 0 saturated carbocycles. The van der Waals surface area contributed by atoms with E-state index >= 15 is 0 Å². The number of carbonyl (C=O) groups is 3. The van der Waals surface area contributed by atoms with E-state index in [0.717, 1.165) is 22.3 Å². The molecule has 0 spiro atoms. The van der Waals surface area contributed by atoms with Gasteiger partial charge in [-0.05, 0) is 62.8 Å². The molecule has 0 heterocycles. The Balaban J connectivity index is 1.46. The normalized spacial score (nSPS) is 11.9. The van der Waals surface area contributed by atoms with Gasteiger partial charge >= 0.3 is 12.1 Å². The van der Waals surface area contributed by atoms with Gasteiger partial charge in [0.1, 0.15) is 13.2 Å². The Hall–Kier alpha value is -3.65. The van der Waals surface area contributed by atoms with Crippen molar-refractivity contribution in [3.05, 3.63) is 87.9 Å². The van der Waals surface area contributed by atoms with Crippen molar-refractivity contribution >= 4 is 39.6 Å². The summed E-state index contributed by atoms with van der Waals surface area (Å²) in [4.78, 5) is 38.0. The minimum Gasteiger partial charge on any atom is -0.480 e. The maximum atomic E-state index is 13.0. The van der Waals surface area contributed by atoms with Gasteiger partial charge in [0.15, 0.2) is 0 Å². The summed E-state index contributed by atoms with van der Waals surface area (Å²) in [6.07, 6.45) is -0.0162. The Morgan fingerprint density at radius 3 is 2.23 bits per heavy atom. The number of carboxylic acids is 1. The number of carbonyl (C=O) groups excluding carboxylic acids is 2. The molecule has 0 aliphatic heterocycles. The smallest absolute Gasteiger partial charge is 0.411 e. The van der Waals surface area contributed by atoms with E-state index in [1.54, 1.807) is 12.1 Å². The zero-order chi connectivity index (χ0) is 24.9. The molecule has 35 heavy (non-hydrogen) atoms. The van der Waals surface area contributed by atoms with Gasteiger partial charge in [-0.1, -0.05) is 55.5 Å². The Kier molecular flexibility index (Phi) is 7.51. The zero-order valence-corrected chi connectivity index (χ0v) is 20.7. The van der Waals surface area contributed by atoms with Crippen molar-refractivity contribution in [2.75, 3.05) is 25.0 Å². The predicted octanol–water partition coefficient (Wildman–Crippen LogP) is 5.75. The summed E-state index contributed by atoms with van der Waals surface area (Å²) in [6.45, 7) is 1.95. The first-order valence-corrected chi connectivity index (χ1v) is 12.1. The molecular formula is C27H25BrN2O5. The highest BCUT2D eigenvalue weighted by molar-refractivity contribution is 9.10. The number of fused-ring (bicyclic) bond motifs is 3. The first kappa shape index (κ1) is 24.5. The van der Waals surface area contributed by atoms with Crippen molar-refractivity contribution < 1.29 is 24.2 Å². The van der Waals surface area contributed by atoms with E-state index in [9.17, 15) is 14.4 Å². The number of anilines is 1. The number of benzene rings is 3. The van der Waals surface area contributed by atoms with Crippen molar-refractivity contribution in [1.82, 2.24) is 4.90 Å². The molecular weight excluding hydrogens is 512 g/mol. The second-order valence-electron chi connectivity index (χ2n) is 8.27. The number of halogens is 1. The summed E-state index contributed by atoms with van der Waals surface area (Å²) >= 11 is 3.35. The molecule has 3 aromatic carbocycles. The van der Waals surface area contributed by atoms with E-state index in [2.05, 4.69) is 33.4 Å². The second kappa shape index (κ2) is 10.7. The fraction of sp³-hybridized carbons (Fsp3) is 0.222. The summed E-state index contributed by atoms with van der Waals surface area (Å²) in [6, 6.07) is 21.0. The number of rotatable bonds is 8. The lowest BCUT2D eigenvalue weighted by Crippen LogP contribution is -2.36. The van der Waals surface area contributed by atoms with E-state index in [1.165, 1.54) is 11.0 Å². The Morgan fingerprint density at radius 1 is 1.00 bits per heavy atom. The Bertz CT molecular complexity index is 1230. The van der Waals surface area contributed by atoms with Gasteiger partial charge in [-0.15, -0.1) is 0 Å². The van der Waals surface area contributed by atoms with Gasteiger partial charge < -0.3 is 14.7 Å². The van der Waals surface area contributed by atoms with Crippen LogP contribution in [0.15, 0.2) is 71.2 Å². The standard InChI is InChI=1S/C27H25BrN2O5/c1-2-13-30(15-25(31)32)26(33)22-14-17(11-12-24(22)28)29-27(34)35-16-23-20-9-5-3-7-18(20)19-8-4-6-10-21(19)23/h3-12,14,23H,2,13,15-16H2,1H3,(H,29,34)(H,31,32). The maximum Gasteiger partial charge on any atom is 0.411 e. The van der Waals surface area contributed by atoms with Gasteiger partial charge in [0.05, 0.1) is 5.56 Å². The number of hydrogen-bond donors (Lipinski definition) is 2. The van der Waals surface area contributed by atoms with Crippen molar-refractivity contribution in [2.24, 2.45) is 0 Å². The van der Waals surface area contributed by atoms with Crippen LogP contribution in [0.3, 0.4) is 0 Å². The van der Waals surface area contributed by atoms with E-state index in [0.29, 0.717) is 23.1 Å². The third-order valence-electron chi connectivity index (χ3n) is 5.89. The van der Waals surface area contributed by atoms with Crippen molar-refractivity contribution in [1.29, 1.82) is 0 Å². The summed E-state index contributed by atoms with van der Waals surface area (Å²) in [5.74, 6) is -1.58. The van der Waals surface area contributed by atoms with E-state index in [4.69, 9.17) is 9.84 Å². The summed E-state index contributed by atoms with van der Waals surface area (Å²) in [7, 11) is 0. The molecule has 0 bridgehead atoms. The third kappa shape index (κ3) is 5.38. The van der Waals surface area contributed by atoms with Gasteiger partial charge in [-0.25, -0.2) is 4.79 Å². The average Bonchev–Trinajstić information content (AvgIpc) is 3.17. The van der Waals surface area contributed by atoms with Crippen molar-refractivity contribution in [3.63, 3.8) is 0 Å². The van der Waals surface area contributed by atoms with Gasteiger partial charge in [-0.2, -0.15) is 0 Å². The number of aliphatic carboxylic acids is 1. The van der Waals surface area contributed by atoms with Crippen LogP contribution in [0, 0.1) is 0 Å². The van der Waals surface area contributed by atoms with Crippen LogP contribution in [0.4, 0.5) is 10.5 Å². The van der Waals surface area contributed by atoms with Crippen LogP contribution >= 0.6 is 15.9 Å². The molecule has 1 aliphatic rings. The van der Waals surface area contributed by atoms with Crippen molar-refractivity contribution in [2.45, 2.75) is 19.3 Å². The van der Waals surface area contributed by atoms with E-state index in [1.807, 2.05) is 43.3 Å². The molecule has 4 rings (SSSR count). The zero-order valence-electron chi connectivity index (χ0n) is 19.2. The van der Waals surface area contributed by atoms with Crippen LogP contribution in [0.5, 0.6) is 0 Å². The lowest BCUT2D eigenvalue weighted by molar-refractivity contribution is -0.137.